The molecule has 0 unspecified atom stereocenters. The molecule has 1 N–H and O–H groups in total. The fraction of sp³-hybridized carbons (Fsp3) is 0.636. The van der Waals surface area contributed by atoms with Gasteiger partial charge in [-0.1, -0.05) is 12.2 Å². The van der Waals surface area contributed by atoms with Crippen LogP contribution in [0, 0.1) is 0 Å². The smallest absolute Gasteiger partial charge is 0.220 e. The second-order valence-corrected chi connectivity index (χ2v) is 3.56. The van der Waals surface area contributed by atoms with E-state index in [1.165, 1.54) is 6.92 Å². The first kappa shape index (κ1) is 13.8. The number of ether oxygens (including phenoxy) is 1. The molecule has 1 amide bonds. The SMILES string of the molecule is C=C(C)COCCNC(=O)CCC(C)=O. The van der Waals surface area contributed by atoms with Crippen LogP contribution >= 0.6 is 0 Å². The summed E-state index contributed by atoms with van der Waals surface area (Å²) in [4.78, 5) is 21.7. The van der Waals surface area contributed by atoms with Crippen molar-refractivity contribution < 1.29 is 14.3 Å². The summed E-state index contributed by atoms with van der Waals surface area (Å²) in [6.07, 6.45) is 0.564. The van der Waals surface area contributed by atoms with E-state index >= 15 is 0 Å². The second kappa shape index (κ2) is 8.17. The minimum absolute atomic E-state index is 0.0312. The van der Waals surface area contributed by atoms with E-state index in [2.05, 4.69) is 11.9 Å². The maximum absolute atomic E-state index is 11.1. The van der Waals surface area contributed by atoms with Crippen molar-refractivity contribution in [3.8, 4) is 0 Å². The zero-order chi connectivity index (χ0) is 11.7. The van der Waals surface area contributed by atoms with Crippen molar-refractivity contribution in [1.29, 1.82) is 0 Å². The minimum atomic E-state index is -0.107. The second-order valence-electron chi connectivity index (χ2n) is 3.56. The number of carbonyl (C=O) groups is 2. The average Bonchev–Trinajstić information content (AvgIpc) is 2.13. The number of amides is 1. The molecule has 0 bridgehead atoms. The van der Waals surface area contributed by atoms with Crippen LogP contribution in [0.4, 0.5) is 0 Å². The highest BCUT2D eigenvalue weighted by Crippen LogP contribution is 1.90. The number of Topliss-reactive ketones (excluding diaryl/α,β-unsaturated/α-hetero) is 1. The van der Waals surface area contributed by atoms with Crippen LogP contribution in [0.5, 0.6) is 0 Å². The number of carbonyl (C=O) groups excluding carboxylic acids is 2. The molecule has 0 heterocycles. The van der Waals surface area contributed by atoms with Gasteiger partial charge in [-0.25, -0.2) is 0 Å². The zero-order valence-corrected chi connectivity index (χ0v) is 9.47. The number of hydrogen-bond acceptors (Lipinski definition) is 3. The van der Waals surface area contributed by atoms with Gasteiger partial charge in [0, 0.05) is 19.4 Å². The summed E-state index contributed by atoms with van der Waals surface area (Å²) in [5.41, 5.74) is 0.956. The van der Waals surface area contributed by atoms with E-state index in [1.807, 2.05) is 6.92 Å². The quantitative estimate of drug-likeness (QED) is 0.484. The summed E-state index contributed by atoms with van der Waals surface area (Å²) in [6, 6.07) is 0. The molecule has 0 rings (SSSR count). The Morgan fingerprint density at radius 2 is 1.93 bits per heavy atom. The lowest BCUT2D eigenvalue weighted by Crippen LogP contribution is -2.27. The molecule has 0 saturated heterocycles. The molecule has 86 valence electrons. The van der Waals surface area contributed by atoms with Crippen LogP contribution in [-0.2, 0) is 14.3 Å². The fourth-order valence-electron chi connectivity index (χ4n) is 0.887. The van der Waals surface area contributed by atoms with Crippen molar-refractivity contribution in [2.24, 2.45) is 0 Å². The summed E-state index contributed by atoms with van der Waals surface area (Å²) in [5, 5.41) is 2.67. The lowest BCUT2D eigenvalue weighted by atomic mass is 10.2. The van der Waals surface area contributed by atoms with Crippen molar-refractivity contribution in [3.63, 3.8) is 0 Å². The minimum Gasteiger partial charge on any atom is -0.375 e. The van der Waals surface area contributed by atoms with E-state index in [0.717, 1.165) is 5.57 Å². The number of rotatable bonds is 8. The van der Waals surface area contributed by atoms with Crippen LogP contribution in [-0.4, -0.2) is 31.4 Å². The third-order valence-electron chi connectivity index (χ3n) is 1.62. The molecule has 0 spiro atoms. The van der Waals surface area contributed by atoms with E-state index in [9.17, 15) is 9.59 Å². The molecule has 0 aromatic rings. The van der Waals surface area contributed by atoms with Gasteiger partial charge in [0.15, 0.2) is 0 Å². The van der Waals surface area contributed by atoms with Crippen molar-refractivity contribution in [2.45, 2.75) is 26.7 Å². The van der Waals surface area contributed by atoms with Gasteiger partial charge >= 0.3 is 0 Å². The maximum atomic E-state index is 11.1. The van der Waals surface area contributed by atoms with Crippen molar-refractivity contribution in [2.75, 3.05) is 19.8 Å². The first-order chi connectivity index (χ1) is 7.02. The molecule has 0 aliphatic rings. The van der Waals surface area contributed by atoms with Gasteiger partial charge in [-0.2, -0.15) is 0 Å². The van der Waals surface area contributed by atoms with Crippen LogP contribution in [0.3, 0.4) is 0 Å². The van der Waals surface area contributed by atoms with Gasteiger partial charge in [0.1, 0.15) is 5.78 Å². The van der Waals surface area contributed by atoms with Gasteiger partial charge in [-0.15, -0.1) is 0 Å². The van der Waals surface area contributed by atoms with E-state index in [1.54, 1.807) is 0 Å². The molecule has 0 saturated carbocycles. The third kappa shape index (κ3) is 10.8. The molecule has 0 aromatic carbocycles. The Hall–Kier alpha value is -1.16. The Balaban J connectivity index is 3.31. The van der Waals surface area contributed by atoms with Crippen LogP contribution < -0.4 is 5.32 Å². The zero-order valence-electron chi connectivity index (χ0n) is 9.47. The number of hydrogen-bond donors (Lipinski definition) is 1. The molecular weight excluding hydrogens is 194 g/mol. The van der Waals surface area contributed by atoms with Gasteiger partial charge in [0.05, 0.1) is 13.2 Å². The Bertz CT molecular complexity index is 236. The maximum Gasteiger partial charge on any atom is 0.220 e. The monoisotopic (exact) mass is 213 g/mol. The molecule has 0 radical (unpaired) electrons. The lowest BCUT2D eigenvalue weighted by Gasteiger charge is -2.05. The van der Waals surface area contributed by atoms with Crippen LogP contribution in [0.1, 0.15) is 26.7 Å². The topological polar surface area (TPSA) is 55.4 Å². The Morgan fingerprint density at radius 3 is 2.47 bits per heavy atom. The molecule has 0 aliphatic carbocycles. The lowest BCUT2D eigenvalue weighted by molar-refractivity contribution is -0.124. The first-order valence-corrected chi connectivity index (χ1v) is 5.00. The van der Waals surface area contributed by atoms with E-state index < -0.39 is 0 Å². The van der Waals surface area contributed by atoms with Crippen LogP contribution in [0.2, 0.25) is 0 Å². The summed E-state index contributed by atoms with van der Waals surface area (Å²) >= 11 is 0. The first-order valence-electron chi connectivity index (χ1n) is 5.00. The fourth-order valence-corrected chi connectivity index (χ4v) is 0.887. The highest BCUT2D eigenvalue weighted by molar-refractivity contribution is 5.83. The normalized spacial score (nSPS) is 9.73. The number of ketones is 1. The van der Waals surface area contributed by atoms with Gasteiger partial charge in [0.2, 0.25) is 5.91 Å². The van der Waals surface area contributed by atoms with E-state index in [0.29, 0.717) is 26.2 Å². The standard InChI is InChI=1S/C11H19NO3/c1-9(2)8-15-7-6-12-11(14)5-4-10(3)13/h1,4-8H2,2-3H3,(H,12,14). The Labute approximate surface area is 90.7 Å². The van der Waals surface area contributed by atoms with Gasteiger partial charge in [-0.05, 0) is 13.8 Å². The van der Waals surface area contributed by atoms with Crippen LogP contribution in [0.25, 0.3) is 0 Å². The van der Waals surface area contributed by atoms with E-state index in [-0.39, 0.29) is 18.1 Å². The highest BCUT2D eigenvalue weighted by Gasteiger charge is 2.02. The summed E-state index contributed by atoms with van der Waals surface area (Å²) in [7, 11) is 0. The Morgan fingerprint density at radius 1 is 1.27 bits per heavy atom. The molecule has 0 atom stereocenters. The van der Waals surface area contributed by atoms with Crippen molar-refractivity contribution >= 4 is 11.7 Å². The summed E-state index contributed by atoms with van der Waals surface area (Å²) < 4.78 is 5.19. The molecule has 0 aromatic heterocycles. The van der Waals surface area contributed by atoms with Crippen molar-refractivity contribution in [1.82, 2.24) is 5.32 Å². The molecule has 0 fully saturated rings. The van der Waals surface area contributed by atoms with Crippen LogP contribution in [0.15, 0.2) is 12.2 Å². The van der Waals surface area contributed by atoms with Crippen molar-refractivity contribution in [3.05, 3.63) is 12.2 Å². The number of nitrogens with one attached hydrogen (secondary N) is 1. The van der Waals surface area contributed by atoms with Gasteiger partial charge in [-0.3, -0.25) is 4.79 Å². The van der Waals surface area contributed by atoms with Gasteiger partial charge in [0.25, 0.3) is 0 Å². The molecular formula is C11H19NO3. The molecule has 4 heteroatoms. The average molecular weight is 213 g/mol. The van der Waals surface area contributed by atoms with Gasteiger partial charge < -0.3 is 14.8 Å². The third-order valence-corrected chi connectivity index (χ3v) is 1.62. The summed E-state index contributed by atoms with van der Waals surface area (Å²) in [5.74, 6) is -0.0761. The van der Waals surface area contributed by atoms with E-state index in [4.69, 9.17) is 4.74 Å². The molecule has 0 aliphatic heterocycles. The molecule has 15 heavy (non-hydrogen) atoms. The predicted octanol–water partition coefficient (Wildman–Crippen LogP) is 1.06. The Kier molecular flexibility index (Phi) is 7.54. The summed E-state index contributed by atoms with van der Waals surface area (Å²) in [6.45, 7) is 8.51. The largest absolute Gasteiger partial charge is 0.375 e. The molecule has 4 nitrogen and oxygen atoms in total. The predicted molar refractivity (Wildman–Crippen MR) is 58.6 cm³/mol. The highest BCUT2D eigenvalue weighted by atomic mass is 16.5.